The maximum absolute atomic E-state index is 11.6. The second-order valence-electron chi connectivity index (χ2n) is 3.89. The molecule has 1 atom stereocenters. The first-order valence-electron chi connectivity index (χ1n) is 5.31. The van der Waals surface area contributed by atoms with E-state index in [0.29, 0.717) is 0 Å². The molecule has 1 amide bonds. The lowest BCUT2D eigenvalue weighted by Crippen LogP contribution is -2.44. The SMILES string of the molecule is CNC(=O)C(C)(Cl)Nc1c([N+](=O)[O-])cccc1[N+](=O)[O-]. The minimum absolute atomic E-state index is 0.427. The summed E-state index contributed by atoms with van der Waals surface area (Å²) in [5.41, 5.74) is -1.52. The Balaban J connectivity index is 3.38. The van der Waals surface area contributed by atoms with E-state index < -0.39 is 37.8 Å². The van der Waals surface area contributed by atoms with Crippen molar-refractivity contribution in [1.29, 1.82) is 0 Å². The van der Waals surface area contributed by atoms with E-state index in [9.17, 15) is 25.0 Å². The molecule has 0 bridgehead atoms. The molecule has 0 aliphatic rings. The number of alkyl halides is 1. The van der Waals surface area contributed by atoms with Crippen LogP contribution >= 0.6 is 11.6 Å². The summed E-state index contributed by atoms with van der Waals surface area (Å²) < 4.78 is 0. The number of nitro groups is 2. The molecule has 9 nitrogen and oxygen atoms in total. The summed E-state index contributed by atoms with van der Waals surface area (Å²) in [5, 5.41) is 26.4. The van der Waals surface area contributed by atoms with Crippen molar-refractivity contribution in [2.45, 2.75) is 11.9 Å². The molecule has 10 heteroatoms. The Morgan fingerprint density at radius 2 is 1.70 bits per heavy atom. The summed E-state index contributed by atoms with van der Waals surface area (Å²) in [6.07, 6.45) is 0. The van der Waals surface area contributed by atoms with Crippen LogP contribution in [-0.2, 0) is 4.79 Å². The lowest BCUT2D eigenvalue weighted by atomic mass is 10.2. The average Bonchev–Trinajstić information content (AvgIpc) is 2.36. The molecule has 0 spiro atoms. The van der Waals surface area contributed by atoms with Crippen molar-refractivity contribution < 1.29 is 14.6 Å². The van der Waals surface area contributed by atoms with Crippen molar-refractivity contribution in [1.82, 2.24) is 5.32 Å². The van der Waals surface area contributed by atoms with Gasteiger partial charge in [0.25, 0.3) is 17.3 Å². The molecule has 0 saturated heterocycles. The predicted octanol–water partition coefficient (Wildman–Crippen LogP) is 1.62. The lowest BCUT2D eigenvalue weighted by Gasteiger charge is -2.22. The number of nitrogens with zero attached hydrogens (tertiary/aromatic N) is 2. The first-order chi connectivity index (χ1) is 9.20. The van der Waals surface area contributed by atoms with E-state index >= 15 is 0 Å². The van der Waals surface area contributed by atoms with Crippen molar-refractivity contribution in [3.05, 3.63) is 38.4 Å². The van der Waals surface area contributed by atoms with Crippen LogP contribution in [0.3, 0.4) is 0 Å². The van der Waals surface area contributed by atoms with E-state index in [1.54, 1.807) is 0 Å². The van der Waals surface area contributed by atoms with Crippen LogP contribution in [0.4, 0.5) is 17.1 Å². The molecule has 0 aliphatic heterocycles. The van der Waals surface area contributed by atoms with Crippen LogP contribution in [0.25, 0.3) is 0 Å². The fourth-order valence-corrected chi connectivity index (χ4v) is 1.68. The molecule has 2 N–H and O–H groups in total. The maximum atomic E-state index is 11.6. The number of carbonyl (C=O) groups excluding carboxylic acids is 1. The fraction of sp³-hybridized carbons (Fsp3) is 0.300. The third kappa shape index (κ3) is 3.12. The predicted molar refractivity (Wildman–Crippen MR) is 71.7 cm³/mol. The fourth-order valence-electron chi connectivity index (χ4n) is 1.49. The number of hydrogen-bond donors (Lipinski definition) is 2. The first-order valence-corrected chi connectivity index (χ1v) is 5.69. The Hall–Kier alpha value is -2.42. The molecule has 1 aromatic carbocycles. The standard InChI is InChI=1S/C10H11ClN4O5/c1-10(11,9(16)12-2)13-8-6(14(17)18)4-3-5-7(8)15(19)20/h3-5,13H,1-2H3,(H,12,16). The van der Waals surface area contributed by atoms with Gasteiger partial charge in [-0.3, -0.25) is 25.0 Å². The zero-order valence-electron chi connectivity index (χ0n) is 10.5. The highest BCUT2D eigenvalue weighted by Crippen LogP contribution is 2.36. The van der Waals surface area contributed by atoms with Gasteiger partial charge in [-0.05, 0) is 13.0 Å². The summed E-state index contributed by atoms with van der Waals surface area (Å²) in [4.78, 5) is 30.0. The van der Waals surface area contributed by atoms with Gasteiger partial charge in [0.2, 0.25) is 0 Å². The number of likely N-dealkylation sites (N-methyl/N-ethyl adjacent to an activating group) is 1. The number of nitro benzene ring substituents is 2. The van der Waals surface area contributed by atoms with E-state index in [0.717, 1.165) is 12.1 Å². The number of amides is 1. The highest BCUT2D eigenvalue weighted by molar-refractivity contribution is 6.36. The van der Waals surface area contributed by atoms with Crippen LogP contribution in [0, 0.1) is 20.2 Å². The monoisotopic (exact) mass is 302 g/mol. The van der Waals surface area contributed by atoms with Crippen LogP contribution < -0.4 is 10.6 Å². The highest BCUT2D eigenvalue weighted by Gasteiger charge is 2.35. The van der Waals surface area contributed by atoms with Crippen LogP contribution in [-0.4, -0.2) is 27.8 Å². The van der Waals surface area contributed by atoms with Crippen molar-refractivity contribution >= 4 is 34.6 Å². The quantitative estimate of drug-likeness (QED) is 0.368. The Bertz CT molecular complexity index is 543. The molecule has 108 valence electrons. The van der Waals surface area contributed by atoms with Gasteiger partial charge in [-0.2, -0.15) is 0 Å². The molecule has 1 aromatic rings. The maximum Gasteiger partial charge on any atom is 0.299 e. The van der Waals surface area contributed by atoms with Crippen LogP contribution in [0.2, 0.25) is 0 Å². The number of para-hydroxylation sites is 1. The zero-order valence-corrected chi connectivity index (χ0v) is 11.3. The molecule has 0 saturated carbocycles. The number of halogens is 1. The Kier molecular flexibility index (Phi) is 4.45. The van der Waals surface area contributed by atoms with Gasteiger partial charge < -0.3 is 10.6 Å². The molecule has 0 aliphatic carbocycles. The number of carbonyl (C=O) groups is 1. The summed E-state index contributed by atoms with van der Waals surface area (Å²) >= 11 is 5.91. The van der Waals surface area contributed by atoms with Gasteiger partial charge in [0.05, 0.1) is 9.85 Å². The average molecular weight is 303 g/mol. The van der Waals surface area contributed by atoms with Crippen LogP contribution in [0.1, 0.15) is 6.92 Å². The minimum atomic E-state index is -1.77. The van der Waals surface area contributed by atoms with Crippen LogP contribution in [0.15, 0.2) is 18.2 Å². The largest absolute Gasteiger partial charge is 0.356 e. The van der Waals surface area contributed by atoms with Gasteiger partial charge in [0, 0.05) is 19.2 Å². The topological polar surface area (TPSA) is 127 Å². The second-order valence-corrected chi connectivity index (χ2v) is 4.65. The Morgan fingerprint density at radius 1 is 1.25 bits per heavy atom. The van der Waals surface area contributed by atoms with Crippen molar-refractivity contribution in [2.75, 3.05) is 12.4 Å². The molecule has 1 unspecified atom stereocenters. The molecular weight excluding hydrogens is 292 g/mol. The Morgan fingerprint density at radius 3 is 2.05 bits per heavy atom. The van der Waals surface area contributed by atoms with Gasteiger partial charge >= 0.3 is 0 Å². The van der Waals surface area contributed by atoms with E-state index in [2.05, 4.69) is 10.6 Å². The van der Waals surface area contributed by atoms with E-state index in [-0.39, 0.29) is 0 Å². The summed E-state index contributed by atoms with van der Waals surface area (Å²) in [6, 6.07) is 3.32. The Labute approximate surface area is 118 Å². The number of benzene rings is 1. The van der Waals surface area contributed by atoms with E-state index in [4.69, 9.17) is 11.6 Å². The number of anilines is 1. The third-order valence-corrected chi connectivity index (χ3v) is 2.69. The lowest BCUT2D eigenvalue weighted by molar-refractivity contribution is -0.392. The summed E-state index contributed by atoms with van der Waals surface area (Å²) in [5.74, 6) is -0.688. The molecule has 0 aromatic heterocycles. The summed E-state index contributed by atoms with van der Waals surface area (Å²) in [7, 11) is 1.32. The second kappa shape index (κ2) is 5.70. The van der Waals surface area contributed by atoms with Gasteiger partial charge in [-0.25, -0.2) is 0 Å². The molecular formula is C10H11ClN4O5. The van der Waals surface area contributed by atoms with Gasteiger partial charge in [0.15, 0.2) is 10.7 Å². The number of hydrogen-bond acceptors (Lipinski definition) is 6. The van der Waals surface area contributed by atoms with Gasteiger partial charge in [-0.1, -0.05) is 11.6 Å². The normalized spacial score (nSPS) is 13.2. The van der Waals surface area contributed by atoms with E-state index in [1.165, 1.54) is 20.0 Å². The van der Waals surface area contributed by atoms with Crippen LogP contribution in [0.5, 0.6) is 0 Å². The minimum Gasteiger partial charge on any atom is -0.356 e. The highest BCUT2D eigenvalue weighted by atomic mass is 35.5. The van der Waals surface area contributed by atoms with Gasteiger partial charge in [0.1, 0.15) is 0 Å². The van der Waals surface area contributed by atoms with Crippen molar-refractivity contribution in [3.63, 3.8) is 0 Å². The summed E-state index contributed by atoms with van der Waals surface area (Å²) in [6.45, 7) is 1.23. The van der Waals surface area contributed by atoms with Crippen molar-refractivity contribution in [2.24, 2.45) is 0 Å². The van der Waals surface area contributed by atoms with Crippen molar-refractivity contribution in [3.8, 4) is 0 Å². The molecule has 0 fully saturated rings. The third-order valence-electron chi connectivity index (χ3n) is 2.43. The van der Waals surface area contributed by atoms with E-state index in [1.807, 2.05) is 0 Å². The molecule has 20 heavy (non-hydrogen) atoms. The zero-order chi connectivity index (χ0) is 15.5. The first kappa shape index (κ1) is 15.6. The van der Waals surface area contributed by atoms with Gasteiger partial charge in [-0.15, -0.1) is 0 Å². The molecule has 1 rings (SSSR count). The molecule has 0 radical (unpaired) electrons. The number of nitrogens with one attached hydrogen (secondary N) is 2. The number of rotatable bonds is 5. The molecule has 0 heterocycles. The smallest absolute Gasteiger partial charge is 0.299 e.